The van der Waals surface area contributed by atoms with Gasteiger partial charge < -0.3 is 14.8 Å². The third kappa shape index (κ3) is 5.91. The summed E-state index contributed by atoms with van der Waals surface area (Å²) in [5, 5.41) is 2.85. The van der Waals surface area contributed by atoms with Crippen molar-refractivity contribution in [1.82, 2.24) is 5.32 Å². The second-order valence-electron chi connectivity index (χ2n) is 5.49. The van der Waals surface area contributed by atoms with Crippen molar-refractivity contribution in [1.29, 1.82) is 0 Å². The molecule has 1 rings (SSSR count). The van der Waals surface area contributed by atoms with Crippen LogP contribution in [0.1, 0.15) is 27.7 Å². The highest BCUT2D eigenvalue weighted by Crippen LogP contribution is 2.35. The molecule has 5 nitrogen and oxygen atoms in total. The van der Waals surface area contributed by atoms with Crippen molar-refractivity contribution < 1.29 is 19.1 Å². The predicted molar refractivity (Wildman–Crippen MR) is 85.9 cm³/mol. The second-order valence-corrected chi connectivity index (χ2v) is 6.71. The average molecular weight is 369 g/mol. The summed E-state index contributed by atoms with van der Waals surface area (Å²) in [7, 11) is 0. The van der Waals surface area contributed by atoms with Crippen molar-refractivity contribution in [2.75, 3.05) is 0 Å². The van der Waals surface area contributed by atoms with Crippen molar-refractivity contribution in [2.24, 2.45) is 0 Å². The summed E-state index contributed by atoms with van der Waals surface area (Å²) < 4.78 is 10.1. The number of amides is 1. The Morgan fingerprint density at radius 1 is 1.18 bits per heavy atom. The highest BCUT2D eigenvalue weighted by molar-refractivity contribution is 6.44. The fraction of sp³-hybridized carbons (Fsp3) is 0.429. The van der Waals surface area contributed by atoms with E-state index in [-0.39, 0.29) is 20.8 Å². The fourth-order valence-electron chi connectivity index (χ4n) is 1.35. The number of halogens is 3. The van der Waals surface area contributed by atoms with Crippen LogP contribution in [-0.2, 0) is 9.53 Å². The van der Waals surface area contributed by atoms with Crippen molar-refractivity contribution >= 4 is 46.9 Å². The normalized spacial score (nSPS) is 12.5. The molecule has 122 valence electrons. The molecule has 0 radical (unpaired) electrons. The van der Waals surface area contributed by atoms with E-state index < -0.39 is 23.7 Å². The quantitative estimate of drug-likeness (QED) is 0.486. The third-order valence-corrected chi connectivity index (χ3v) is 3.26. The van der Waals surface area contributed by atoms with E-state index in [1.165, 1.54) is 19.1 Å². The fourth-order valence-corrected chi connectivity index (χ4v) is 1.97. The van der Waals surface area contributed by atoms with Gasteiger partial charge in [0.1, 0.15) is 16.7 Å². The number of benzene rings is 1. The molecule has 0 aliphatic heterocycles. The van der Waals surface area contributed by atoms with Crippen LogP contribution in [0.4, 0.5) is 4.79 Å². The maximum absolute atomic E-state index is 12.0. The van der Waals surface area contributed by atoms with E-state index >= 15 is 0 Å². The first kappa shape index (κ1) is 18.9. The van der Waals surface area contributed by atoms with Gasteiger partial charge in [0.05, 0.1) is 5.02 Å². The summed E-state index contributed by atoms with van der Waals surface area (Å²) in [6, 6.07) is 1.84. The first-order chi connectivity index (χ1) is 9.99. The number of ether oxygens (including phenoxy) is 2. The molecule has 8 heteroatoms. The summed E-state index contributed by atoms with van der Waals surface area (Å²) >= 11 is 17.6. The van der Waals surface area contributed by atoms with Crippen molar-refractivity contribution in [2.45, 2.75) is 39.3 Å². The van der Waals surface area contributed by atoms with E-state index in [0.29, 0.717) is 0 Å². The molecule has 1 amide bonds. The van der Waals surface area contributed by atoms with E-state index in [1.54, 1.807) is 20.8 Å². The van der Waals surface area contributed by atoms with E-state index in [4.69, 9.17) is 44.3 Å². The molecule has 1 aromatic rings. The number of rotatable bonds is 3. The molecule has 1 aromatic carbocycles. The van der Waals surface area contributed by atoms with E-state index in [1.807, 2.05) is 0 Å². The van der Waals surface area contributed by atoms with Gasteiger partial charge in [0, 0.05) is 11.1 Å². The molecule has 0 heterocycles. The Balaban J connectivity index is 2.71. The van der Waals surface area contributed by atoms with Crippen LogP contribution in [0.15, 0.2) is 12.1 Å². The standard InChI is InChI=1S/C14H16Cl3NO4/c1-7(18-13(20)22-14(2,3)4)12(19)21-10-6-8(15)5-9(16)11(10)17/h5-7H,1-4H3,(H,18,20)/t7-/m1/s1. The predicted octanol–water partition coefficient (Wildman–Crippen LogP) is 4.47. The summed E-state index contributed by atoms with van der Waals surface area (Å²) in [5.41, 5.74) is -0.669. The number of alkyl carbamates (subject to hydrolysis) is 1. The zero-order chi connectivity index (χ0) is 17.1. The molecule has 22 heavy (non-hydrogen) atoms. The number of hydrogen-bond donors (Lipinski definition) is 1. The molecular weight excluding hydrogens is 353 g/mol. The largest absolute Gasteiger partial charge is 0.444 e. The Bertz CT molecular complexity index is 584. The Morgan fingerprint density at radius 2 is 1.77 bits per heavy atom. The molecule has 0 unspecified atom stereocenters. The van der Waals surface area contributed by atoms with E-state index in [0.717, 1.165) is 0 Å². The lowest BCUT2D eigenvalue weighted by Gasteiger charge is -2.21. The molecule has 0 bridgehead atoms. The molecule has 0 aromatic heterocycles. The zero-order valence-corrected chi connectivity index (χ0v) is 14.8. The van der Waals surface area contributed by atoms with Gasteiger partial charge in [0.2, 0.25) is 0 Å². The van der Waals surface area contributed by atoms with Gasteiger partial charge in [-0.1, -0.05) is 34.8 Å². The number of carbonyl (C=O) groups is 2. The monoisotopic (exact) mass is 367 g/mol. The van der Waals surface area contributed by atoms with Crippen LogP contribution in [0, 0.1) is 0 Å². The Labute approximate surface area is 143 Å². The lowest BCUT2D eigenvalue weighted by Crippen LogP contribution is -2.43. The Kier molecular flexibility index (Phi) is 6.35. The van der Waals surface area contributed by atoms with Gasteiger partial charge in [-0.15, -0.1) is 0 Å². The summed E-state index contributed by atoms with van der Waals surface area (Å²) in [5.74, 6) is -0.715. The Hall–Kier alpha value is -1.17. The second kappa shape index (κ2) is 7.40. The van der Waals surface area contributed by atoms with Crippen LogP contribution in [0.3, 0.4) is 0 Å². The van der Waals surface area contributed by atoms with Gasteiger partial charge in [-0.25, -0.2) is 9.59 Å². The van der Waals surface area contributed by atoms with Gasteiger partial charge in [-0.3, -0.25) is 0 Å². The summed E-state index contributed by atoms with van der Waals surface area (Å²) in [4.78, 5) is 23.5. The van der Waals surface area contributed by atoms with Crippen molar-refractivity contribution in [3.8, 4) is 5.75 Å². The Morgan fingerprint density at radius 3 is 2.32 bits per heavy atom. The topological polar surface area (TPSA) is 64.6 Å². The van der Waals surface area contributed by atoms with Gasteiger partial charge in [0.25, 0.3) is 0 Å². The summed E-state index contributed by atoms with van der Waals surface area (Å²) in [6.45, 7) is 6.59. The average Bonchev–Trinajstić information content (AvgIpc) is 2.32. The van der Waals surface area contributed by atoms with Gasteiger partial charge in [-0.2, -0.15) is 0 Å². The van der Waals surface area contributed by atoms with E-state index in [9.17, 15) is 9.59 Å². The zero-order valence-electron chi connectivity index (χ0n) is 12.5. The van der Waals surface area contributed by atoms with Crippen LogP contribution in [0.25, 0.3) is 0 Å². The maximum Gasteiger partial charge on any atom is 0.408 e. The molecule has 0 spiro atoms. The van der Waals surface area contributed by atoms with E-state index in [2.05, 4.69) is 5.32 Å². The summed E-state index contributed by atoms with van der Waals surface area (Å²) in [6.07, 6.45) is -0.729. The molecule has 0 saturated heterocycles. The van der Waals surface area contributed by atoms with Gasteiger partial charge in [0.15, 0.2) is 5.75 Å². The highest BCUT2D eigenvalue weighted by Gasteiger charge is 2.23. The lowest BCUT2D eigenvalue weighted by molar-refractivity contribution is -0.136. The van der Waals surface area contributed by atoms with Crippen LogP contribution >= 0.6 is 34.8 Å². The molecule has 0 saturated carbocycles. The molecule has 1 N–H and O–H groups in total. The molecule has 0 aliphatic carbocycles. The van der Waals surface area contributed by atoms with Crippen LogP contribution in [-0.4, -0.2) is 23.7 Å². The minimum absolute atomic E-state index is 0.0157. The lowest BCUT2D eigenvalue weighted by atomic mass is 10.2. The molecule has 0 aliphatic rings. The maximum atomic E-state index is 12.0. The molecular formula is C14H16Cl3NO4. The minimum atomic E-state index is -0.941. The van der Waals surface area contributed by atoms with Gasteiger partial charge in [-0.05, 0) is 33.8 Å². The first-order valence-corrected chi connectivity index (χ1v) is 7.48. The highest BCUT2D eigenvalue weighted by atomic mass is 35.5. The number of hydrogen-bond acceptors (Lipinski definition) is 4. The number of nitrogens with one attached hydrogen (secondary N) is 1. The van der Waals surface area contributed by atoms with Crippen molar-refractivity contribution in [3.05, 3.63) is 27.2 Å². The van der Waals surface area contributed by atoms with Gasteiger partial charge >= 0.3 is 12.1 Å². The number of esters is 1. The smallest absolute Gasteiger partial charge is 0.408 e. The first-order valence-electron chi connectivity index (χ1n) is 6.35. The van der Waals surface area contributed by atoms with Crippen LogP contribution < -0.4 is 10.1 Å². The minimum Gasteiger partial charge on any atom is -0.444 e. The van der Waals surface area contributed by atoms with Crippen LogP contribution in [0.5, 0.6) is 5.75 Å². The SMILES string of the molecule is C[C@@H](NC(=O)OC(C)(C)C)C(=O)Oc1cc(Cl)cc(Cl)c1Cl. The van der Waals surface area contributed by atoms with Crippen molar-refractivity contribution in [3.63, 3.8) is 0 Å². The third-order valence-electron chi connectivity index (χ3n) is 2.26. The number of carbonyl (C=O) groups excluding carboxylic acids is 2. The molecule has 0 fully saturated rings. The molecule has 1 atom stereocenters. The van der Waals surface area contributed by atoms with Crippen LogP contribution in [0.2, 0.25) is 15.1 Å².